The van der Waals surface area contributed by atoms with Crippen molar-refractivity contribution in [2.75, 3.05) is 50.5 Å². The van der Waals surface area contributed by atoms with E-state index in [4.69, 9.17) is 4.74 Å². The first-order chi connectivity index (χ1) is 21.1. The number of piperazine rings is 1. The van der Waals surface area contributed by atoms with Crippen LogP contribution >= 0.6 is 0 Å². The zero-order valence-corrected chi connectivity index (χ0v) is 24.0. The molecular weight excluding hydrogens is 580 g/mol. The van der Waals surface area contributed by atoms with Crippen LogP contribution in [-0.4, -0.2) is 88.0 Å². The molecule has 0 spiro atoms. The monoisotopic (exact) mass is 610 g/mol. The van der Waals surface area contributed by atoms with E-state index in [0.717, 1.165) is 25.1 Å². The lowest BCUT2D eigenvalue weighted by atomic mass is 10.0. The number of halogens is 4. The van der Waals surface area contributed by atoms with Crippen molar-refractivity contribution < 1.29 is 27.1 Å². The normalized spacial score (nSPS) is 18.8. The number of benzene rings is 2. The molecule has 1 N–H and O–H groups in total. The van der Waals surface area contributed by atoms with Gasteiger partial charge in [-0.15, -0.1) is 0 Å². The van der Waals surface area contributed by atoms with Gasteiger partial charge < -0.3 is 19.9 Å². The Kier molecular flexibility index (Phi) is 7.95. The van der Waals surface area contributed by atoms with Gasteiger partial charge >= 0.3 is 6.18 Å². The Morgan fingerprint density at radius 1 is 1.02 bits per heavy atom. The van der Waals surface area contributed by atoms with Gasteiger partial charge in [0.15, 0.2) is 17.3 Å². The summed E-state index contributed by atoms with van der Waals surface area (Å²) in [6.07, 6.45) is 0.464. The van der Waals surface area contributed by atoms with Crippen molar-refractivity contribution in [2.24, 2.45) is 0 Å². The highest BCUT2D eigenvalue weighted by Gasteiger charge is 2.44. The van der Waals surface area contributed by atoms with Gasteiger partial charge in [0.25, 0.3) is 5.91 Å². The van der Waals surface area contributed by atoms with Gasteiger partial charge in [0.05, 0.1) is 29.5 Å². The molecule has 1 amide bonds. The van der Waals surface area contributed by atoms with Crippen molar-refractivity contribution in [1.29, 1.82) is 0 Å². The number of nitrogens with zero attached hydrogens (tertiary/aromatic N) is 7. The van der Waals surface area contributed by atoms with E-state index in [1.54, 1.807) is 17.2 Å². The molecule has 0 bridgehead atoms. The van der Waals surface area contributed by atoms with E-state index in [1.807, 2.05) is 14.1 Å². The van der Waals surface area contributed by atoms with Crippen LogP contribution in [0, 0.1) is 5.82 Å². The molecule has 2 aliphatic heterocycles. The molecule has 4 heterocycles. The van der Waals surface area contributed by atoms with Gasteiger partial charge in [-0.1, -0.05) is 12.1 Å². The van der Waals surface area contributed by atoms with E-state index in [1.165, 1.54) is 47.4 Å². The fourth-order valence-corrected chi connectivity index (χ4v) is 5.99. The number of likely N-dealkylation sites (N-methyl/N-ethyl adjacent to an activating group) is 1. The van der Waals surface area contributed by atoms with E-state index < -0.39 is 29.2 Å². The fourth-order valence-electron chi connectivity index (χ4n) is 5.99. The zero-order valence-electron chi connectivity index (χ0n) is 24.0. The van der Waals surface area contributed by atoms with Crippen molar-refractivity contribution in [2.45, 2.75) is 24.7 Å². The minimum atomic E-state index is -4.90. The second kappa shape index (κ2) is 11.8. The first kappa shape index (κ1) is 29.5. The number of nitrogens with one attached hydrogen (secondary N) is 1. The van der Waals surface area contributed by atoms with E-state index >= 15 is 13.2 Å². The van der Waals surface area contributed by atoms with Crippen LogP contribution < -0.4 is 15.0 Å². The lowest BCUT2D eigenvalue weighted by Gasteiger charge is -2.43. The molecule has 4 aromatic rings. The molecule has 2 aromatic heterocycles. The quantitative estimate of drug-likeness (QED) is 0.302. The zero-order chi connectivity index (χ0) is 31.0. The van der Waals surface area contributed by atoms with Crippen LogP contribution in [0.1, 0.15) is 22.5 Å². The van der Waals surface area contributed by atoms with E-state index in [2.05, 4.69) is 30.4 Å². The third-order valence-electron chi connectivity index (χ3n) is 8.05. The summed E-state index contributed by atoms with van der Waals surface area (Å²) >= 11 is 0. The van der Waals surface area contributed by atoms with Gasteiger partial charge in [-0.25, -0.2) is 9.07 Å². The lowest BCUT2D eigenvalue weighted by molar-refractivity contribution is -0.138. The van der Waals surface area contributed by atoms with Gasteiger partial charge in [-0.3, -0.25) is 9.69 Å². The van der Waals surface area contributed by atoms with Crippen molar-refractivity contribution in [3.8, 4) is 17.2 Å². The SMILES string of the molecule is CN(C)[C@@H]1CCN2CCN(c3c(NC(=O)c4ccn(-c5ccnnc5)n4)ccc(Oc4ccccc4F)c3C(F)(F)F)C[C@@H]12. The molecule has 230 valence electrons. The van der Waals surface area contributed by atoms with Gasteiger partial charge in [-0.05, 0) is 56.9 Å². The van der Waals surface area contributed by atoms with Crippen LogP contribution in [0.5, 0.6) is 11.5 Å². The molecular formula is C30H30F4N8O2. The van der Waals surface area contributed by atoms with Gasteiger partial charge in [0, 0.05) is 44.5 Å². The number of aromatic nitrogens is 4. The molecule has 2 aromatic carbocycles. The number of carbonyl (C=O) groups is 1. The highest BCUT2D eigenvalue weighted by Crippen LogP contribution is 2.48. The Morgan fingerprint density at radius 3 is 2.57 bits per heavy atom. The molecule has 2 atom stereocenters. The molecule has 6 rings (SSSR count). The molecule has 2 aliphatic rings. The Labute approximate surface area is 250 Å². The maximum absolute atomic E-state index is 15.0. The van der Waals surface area contributed by atoms with E-state index in [-0.39, 0.29) is 41.4 Å². The number of para-hydroxylation sites is 1. The van der Waals surface area contributed by atoms with Gasteiger partial charge in [-0.2, -0.15) is 28.5 Å². The van der Waals surface area contributed by atoms with Gasteiger partial charge in [0.1, 0.15) is 11.3 Å². The summed E-state index contributed by atoms with van der Waals surface area (Å²) in [4.78, 5) is 19.4. The topological polar surface area (TPSA) is 91.7 Å². The predicted molar refractivity (Wildman–Crippen MR) is 155 cm³/mol. The Morgan fingerprint density at radius 2 is 1.84 bits per heavy atom. The van der Waals surface area contributed by atoms with Crippen LogP contribution in [0.4, 0.5) is 28.9 Å². The smallest absolute Gasteiger partial charge is 0.422 e. The second-order valence-electron chi connectivity index (χ2n) is 10.9. The molecule has 0 saturated carbocycles. The number of anilines is 2. The minimum absolute atomic E-state index is 0.0127. The molecule has 2 fully saturated rings. The Bertz CT molecular complexity index is 1650. The lowest BCUT2D eigenvalue weighted by Crippen LogP contribution is -2.56. The number of hydrogen-bond donors (Lipinski definition) is 1. The van der Waals surface area contributed by atoms with Gasteiger partial charge in [0.2, 0.25) is 0 Å². The first-order valence-electron chi connectivity index (χ1n) is 14.1. The molecule has 0 radical (unpaired) electrons. The van der Waals surface area contributed by atoms with Crippen molar-refractivity contribution in [3.05, 3.63) is 84.2 Å². The second-order valence-corrected chi connectivity index (χ2v) is 10.9. The molecule has 14 heteroatoms. The Balaban J connectivity index is 1.41. The van der Waals surface area contributed by atoms with Crippen molar-refractivity contribution in [3.63, 3.8) is 0 Å². The Hall–Kier alpha value is -4.56. The standard InChI is InChI=1S/C30H30F4N8O2/c1-39(2)23-11-13-40-15-16-41(18-24(23)40)28-21(37-29(43)22-10-14-42(38-22)19-9-12-35-36-17-19)7-8-26(27(28)30(32,33)34)44-25-6-4-3-5-20(25)31/h3-10,12,14,17,23-24H,11,13,15-16,18H2,1-2H3,(H,37,43)/t23-,24+/m1/s1. The number of ether oxygens (including phenoxy) is 1. The van der Waals surface area contributed by atoms with E-state index in [9.17, 15) is 9.18 Å². The first-order valence-corrected chi connectivity index (χ1v) is 14.1. The minimum Gasteiger partial charge on any atom is -0.454 e. The van der Waals surface area contributed by atoms with E-state index in [0.29, 0.717) is 18.8 Å². The summed E-state index contributed by atoms with van der Waals surface area (Å²) in [5, 5.41) is 14.4. The van der Waals surface area contributed by atoms with Crippen LogP contribution in [-0.2, 0) is 6.18 Å². The summed E-state index contributed by atoms with van der Waals surface area (Å²) in [6.45, 7) is 1.97. The maximum Gasteiger partial charge on any atom is 0.422 e. The summed E-state index contributed by atoms with van der Waals surface area (Å²) in [5.74, 6) is -2.41. The highest BCUT2D eigenvalue weighted by atomic mass is 19.4. The third kappa shape index (κ3) is 5.82. The summed E-state index contributed by atoms with van der Waals surface area (Å²) in [6, 6.07) is 10.9. The molecule has 10 nitrogen and oxygen atoms in total. The number of fused-ring (bicyclic) bond motifs is 1. The summed E-state index contributed by atoms with van der Waals surface area (Å²) in [7, 11) is 3.92. The molecule has 2 saturated heterocycles. The molecule has 0 aliphatic carbocycles. The van der Waals surface area contributed by atoms with Crippen molar-refractivity contribution >= 4 is 17.3 Å². The van der Waals surface area contributed by atoms with Crippen LogP contribution in [0.3, 0.4) is 0 Å². The maximum atomic E-state index is 15.0. The number of carbonyl (C=O) groups excluding carboxylic acids is 1. The molecule has 44 heavy (non-hydrogen) atoms. The number of rotatable bonds is 7. The average molecular weight is 611 g/mol. The number of hydrogen-bond acceptors (Lipinski definition) is 8. The summed E-state index contributed by atoms with van der Waals surface area (Å²) in [5.41, 5.74) is -0.850. The summed E-state index contributed by atoms with van der Waals surface area (Å²) < 4.78 is 66.5. The van der Waals surface area contributed by atoms with Crippen LogP contribution in [0.15, 0.2) is 67.1 Å². The third-order valence-corrected chi connectivity index (χ3v) is 8.05. The van der Waals surface area contributed by atoms with Crippen molar-refractivity contribution in [1.82, 2.24) is 29.8 Å². The number of amides is 1. The average Bonchev–Trinajstić information content (AvgIpc) is 3.66. The van der Waals surface area contributed by atoms with Crippen LogP contribution in [0.2, 0.25) is 0 Å². The largest absolute Gasteiger partial charge is 0.454 e. The number of alkyl halides is 3. The fraction of sp³-hybridized carbons (Fsp3) is 0.333. The predicted octanol–water partition coefficient (Wildman–Crippen LogP) is 4.69. The van der Waals surface area contributed by atoms with Crippen LogP contribution in [0.25, 0.3) is 5.69 Å². The molecule has 0 unspecified atom stereocenters. The highest BCUT2D eigenvalue weighted by molar-refractivity contribution is 6.05.